The number of aromatic nitrogens is 1. The summed E-state index contributed by atoms with van der Waals surface area (Å²) in [5.41, 5.74) is -0.0368. The monoisotopic (exact) mass is 443 g/mol. The third kappa shape index (κ3) is 5.46. The first-order valence-electron chi connectivity index (χ1n) is 9.91. The van der Waals surface area contributed by atoms with Crippen LogP contribution in [-0.2, 0) is 16.6 Å². The van der Waals surface area contributed by atoms with E-state index in [2.05, 4.69) is 5.32 Å². The highest BCUT2D eigenvalue weighted by Crippen LogP contribution is 2.28. The third-order valence-corrected chi connectivity index (χ3v) is 5.41. The maximum atomic E-state index is 13.5. The van der Waals surface area contributed by atoms with Crippen LogP contribution in [0.5, 0.6) is 0 Å². The number of carbonyl (C=O) groups is 3. The van der Waals surface area contributed by atoms with Gasteiger partial charge in [0.25, 0.3) is 5.91 Å². The standard InChI is InChI=1S/C23H26FN3O5/c1-14-17(21(30)20(29)11-23(2,7-8-28)13-32-4)10-19(27(14)3)22(31)26-16-5-6-18(24)15(9-16)12-25/h5-6,9-10,28H,7-8,11,13H2,1-4H3,(H,26,31). The van der Waals surface area contributed by atoms with E-state index < -0.39 is 28.7 Å². The molecule has 1 unspecified atom stereocenters. The number of nitrogens with zero attached hydrogens (tertiary/aromatic N) is 2. The number of aliphatic hydroxyl groups excluding tert-OH is 1. The summed E-state index contributed by atoms with van der Waals surface area (Å²) in [4.78, 5) is 38.3. The second-order valence-electron chi connectivity index (χ2n) is 7.99. The first kappa shape index (κ1) is 24.9. The Hall–Kier alpha value is -3.35. The zero-order valence-corrected chi connectivity index (χ0v) is 18.5. The summed E-state index contributed by atoms with van der Waals surface area (Å²) in [6.45, 7) is 3.43. The van der Waals surface area contributed by atoms with Gasteiger partial charge in [-0.05, 0) is 37.6 Å². The number of methoxy groups -OCH3 is 1. The smallest absolute Gasteiger partial charge is 0.272 e. The Morgan fingerprint density at radius 1 is 1.31 bits per heavy atom. The van der Waals surface area contributed by atoms with Crippen molar-refractivity contribution in [3.63, 3.8) is 0 Å². The predicted octanol–water partition coefficient (Wildman–Crippen LogP) is 2.77. The van der Waals surface area contributed by atoms with Crippen molar-refractivity contribution < 1.29 is 28.6 Å². The molecule has 1 aromatic carbocycles. The van der Waals surface area contributed by atoms with Gasteiger partial charge in [0, 0.05) is 49.5 Å². The summed E-state index contributed by atoms with van der Waals surface area (Å²) < 4.78 is 20.1. The van der Waals surface area contributed by atoms with E-state index >= 15 is 0 Å². The summed E-state index contributed by atoms with van der Waals surface area (Å²) in [6, 6.07) is 6.62. The molecule has 0 aliphatic carbocycles. The Kier molecular flexibility index (Phi) is 8.02. The fraction of sp³-hybridized carbons (Fsp3) is 0.391. The van der Waals surface area contributed by atoms with Gasteiger partial charge in [0.05, 0.1) is 12.2 Å². The third-order valence-electron chi connectivity index (χ3n) is 5.41. The summed E-state index contributed by atoms with van der Waals surface area (Å²) in [5, 5.41) is 20.8. The van der Waals surface area contributed by atoms with Gasteiger partial charge in [-0.2, -0.15) is 5.26 Å². The summed E-state index contributed by atoms with van der Waals surface area (Å²) in [7, 11) is 3.06. The number of nitrogens with one attached hydrogen (secondary N) is 1. The second-order valence-corrected chi connectivity index (χ2v) is 7.99. The summed E-state index contributed by atoms with van der Waals surface area (Å²) in [6.07, 6.45) is 0.187. The fourth-order valence-electron chi connectivity index (χ4n) is 3.48. The van der Waals surface area contributed by atoms with Crippen LogP contribution in [0.3, 0.4) is 0 Å². The molecule has 1 aromatic heterocycles. The molecule has 32 heavy (non-hydrogen) atoms. The zero-order chi connectivity index (χ0) is 24.1. The number of carbonyl (C=O) groups excluding carboxylic acids is 3. The molecule has 0 saturated carbocycles. The predicted molar refractivity (Wildman–Crippen MR) is 115 cm³/mol. The molecule has 1 amide bonds. The summed E-state index contributed by atoms with van der Waals surface area (Å²) >= 11 is 0. The Morgan fingerprint density at radius 3 is 2.59 bits per heavy atom. The van der Waals surface area contributed by atoms with Crippen LogP contribution in [0, 0.1) is 29.5 Å². The maximum absolute atomic E-state index is 13.5. The Labute approximate surface area is 185 Å². The average Bonchev–Trinajstić information content (AvgIpc) is 3.03. The largest absolute Gasteiger partial charge is 0.396 e. The number of Topliss-reactive ketones (excluding diaryl/α,β-unsaturated/α-hetero) is 2. The first-order chi connectivity index (χ1) is 15.1. The van der Waals surface area contributed by atoms with Crippen LogP contribution >= 0.6 is 0 Å². The maximum Gasteiger partial charge on any atom is 0.272 e. The van der Waals surface area contributed by atoms with Gasteiger partial charge in [-0.1, -0.05) is 6.92 Å². The molecule has 2 rings (SSSR count). The normalized spacial score (nSPS) is 12.7. The fourth-order valence-corrected chi connectivity index (χ4v) is 3.48. The molecular weight excluding hydrogens is 417 g/mol. The zero-order valence-electron chi connectivity index (χ0n) is 18.5. The Morgan fingerprint density at radius 2 is 2.00 bits per heavy atom. The number of anilines is 1. The van der Waals surface area contributed by atoms with Gasteiger partial charge in [-0.3, -0.25) is 14.4 Å². The molecule has 0 saturated heterocycles. The van der Waals surface area contributed by atoms with Crippen LogP contribution in [0.4, 0.5) is 10.1 Å². The van der Waals surface area contributed by atoms with Crippen molar-refractivity contribution in [1.29, 1.82) is 5.26 Å². The van der Waals surface area contributed by atoms with Crippen molar-refractivity contribution in [3.05, 3.63) is 52.6 Å². The second kappa shape index (κ2) is 10.3. The Balaban J connectivity index is 2.26. The quantitative estimate of drug-likeness (QED) is 0.430. The number of halogens is 1. The highest BCUT2D eigenvalue weighted by atomic mass is 19.1. The van der Waals surface area contributed by atoms with Crippen LogP contribution in [0.2, 0.25) is 0 Å². The number of rotatable bonds is 10. The highest BCUT2D eigenvalue weighted by molar-refractivity contribution is 6.44. The van der Waals surface area contributed by atoms with Crippen molar-refractivity contribution >= 4 is 23.2 Å². The molecule has 0 aliphatic rings. The lowest BCUT2D eigenvalue weighted by atomic mass is 9.81. The molecule has 8 nitrogen and oxygen atoms in total. The number of ether oxygens (including phenoxy) is 1. The number of benzene rings is 1. The number of amides is 1. The molecule has 0 bridgehead atoms. The van der Waals surface area contributed by atoms with Gasteiger partial charge in [-0.15, -0.1) is 0 Å². The van der Waals surface area contributed by atoms with E-state index in [4.69, 9.17) is 10.00 Å². The molecule has 1 atom stereocenters. The minimum atomic E-state index is -0.731. The lowest BCUT2D eigenvalue weighted by Crippen LogP contribution is -2.30. The van der Waals surface area contributed by atoms with Gasteiger partial charge < -0.3 is 19.7 Å². The van der Waals surface area contributed by atoms with Crippen LogP contribution in [-0.4, -0.2) is 47.5 Å². The van der Waals surface area contributed by atoms with Gasteiger partial charge in [-0.25, -0.2) is 4.39 Å². The molecule has 170 valence electrons. The van der Waals surface area contributed by atoms with Crippen molar-refractivity contribution in [2.75, 3.05) is 25.6 Å². The lowest BCUT2D eigenvalue weighted by Gasteiger charge is -2.26. The molecule has 1 heterocycles. The van der Waals surface area contributed by atoms with Gasteiger partial charge in [0.1, 0.15) is 17.6 Å². The van der Waals surface area contributed by atoms with Crippen molar-refractivity contribution in [2.45, 2.75) is 26.7 Å². The van der Waals surface area contributed by atoms with E-state index in [0.717, 1.165) is 6.07 Å². The SMILES string of the molecule is COCC(C)(CCO)CC(=O)C(=O)c1cc(C(=O)Nc2ccc(F)c(C#N)c2)n(C)c1C. The number of ketones is 2. The van der Waals surface area contributed by atoms with Crippen LogP contribution in [0.25, 0.3) is 0 Å². The van der Waals surface area contributed by atoms with Crippen LogP contribution < -0.4 is 5.32 Å². The van der Waals surface area contributed by atoms with E-state index in [0.29, 0.717) is 12.1 Å². The molecule has 0 fully saturated rings. The van der Waals surface area contributed by atoms with Crippen molar-refractivity contribution in [2.24, 2.45) is 12.5 Å². The van der Waals surface area contributed by atoms with Gasteiger partial charge in [0.15, 0.2) is 0 Å². The molecule has 0 aliphatic heterocycles. The van der Waals surface area contributed by atoms with E-state index in [-0.39, 0.29) is 42.1 Å². The number of aliphatic hydroxyl groups is 1. The van der Waals surface area contributed by atoms with Gasteiger partial charge >= 0.3 is 0 Å². The molecule has 2 aromatic rings. The number of hydrogen-bond acceptors (Lipinski definition) is 6. The van der Waals surface area contributed by atoms with Gasteiger partial charge in [0.2, 0.25) is 11.6 Å². The molecule has 2 N–H and O–H groups in total. The van der Waals surface area contributed by atoms with E-state index in [1.807, 2.05) is 0 Å². The van der Waals surface area contributed by atoms with E-state index in [9.17, 15) is 23.9 Å². The first-order valence-corrected chi connectivity index (χ1v) is 9.91. The van der Waals surface area contributed by atoms with Crippen LogP contribution in [0.15, 0.2) is 24.3 Å². The molecule has 0 radical (unpaired) electrons. The Bertz CT molecular complexity index is 1080. The van der Waals surface area contributed by atoms with E-state index in [1.54, 1.807) is 27.0 Å². The summed E-state index contributed by atoms with van der Waals surface area (Å²) in [5.74, 6) is -2.66. The highest BCUT2D eigenvalue weighted by Gasteiger charge is 2.32. The lowest BCUT2D eigenvalue weighted by molar-refractivity contribution is -0.118. The molecule has 9 heteroatoms. The molecule has 0 spiro atoms. The van der Waals surface area contributed by atoms with E-state index in [1.165, 1.54) is 29.9 Å². The number of hydrogen-bond donors (Lipinski definition) is 2. The minimum Gasteiger partial charge on any atom is -0.396 e. The average molecular weight is 443 g/mol. The van der Waals surface area contributed by atoms with Crippen molar-refractivity contribution in [3.8, 4) is 6.07 Å². The van der Waals surface area contributed by atoms with Crippen molar-refractivity contribution in [1.82, 2.24) is 4.57 Å². The molecular formula is C23H26FN3O5. The van der Waals surface area contributed by atoms with Crippen LogP contribution in [0.1, 0.15) is 51.9 Å². The topological polar surface area (TPSA) is 121 Å². The minimum absolute atomic E-state index is 0.100. The number of nitriles is 1.